The number of hydrogen-bond donors (Lipinski definition) is 0. The molecular formula is C26H35NO5. The minimum absolute atomic E-state index is 0.0771. The zero-order chi connectivity index (χ0) is 22.2. The zero-order valence-electron chi connectivity index (χ0n) is 19.4. The molecule has 6 nitrogen and oxygen atoms in total. The number of carbonyl (C=O) groups excluding carboxylic acids is 1. The molecule has 1 aromatic carbocycles. The van der Waals surface area contributed by atoms with Crippen molar-refractivity contribution in [3.8, 4) is 0 Å². The summed E-state index contributed by atoms with van der Waals surface area (Å²) in [4.78, 5) is 15.1. The summed E-state index contributed by atoms with van der Waals surface area (Å²) < 4.78 is 23.2. The van der Waals surface area contributed by atoms with Gasteiger partial charge >= 0.3 is 5.97 Å². The molecular weight excluding hydrogens is 406 g/mol. The molecule has 4 aliphatic rings. The molecule has 0 N–H and O–H groups in total. The van der Waals surface area contributed by atoms with Crippen molar-refractivity contribution in [1.82, 2.24) is 4.90 Å². The maximum absolute atomic E-state index is 12.6. The van der Waals surface area contributed by atoms with Crippen molar-refractivity contribution in [1.29, 1.82) is 0 Å². The Bertz CT molecular complexity index is 875. The van der Waals surface area contributed by atoms with Crippen molar-refractivity contribution in [2.24, 2.45) is 0 Å². The van der Waals surface area contributed by atoms with E-state index in [4.69, 9.17) is 18.9 Å². The second-order valence-electron chi connectivity index (χ2n) is 9.59. The lowest BCUT2D eigenvalue weighted by molar-refractivity contribution is -0.139. The maximum atomic E-state index is 12.6. The molecule has 0 bridgehead atoms. The van der Waals surface area contributed by atoms with Crippen LogP contribution in [0.5, 0.6) is 0 Å². The summed E-state index contributed by atoms with van der Waals surface area (Å²) in [5.74, 6) is 0.261. The normalized spacial score (nSPS) is 29.7. The molecule has 1 aliphatic carbocycles. The van der Waals surface area contributed by atoms with E-state index in [1.54, 1.807) is 0 Å². The van der Waals surface area contributed by atoms with E-state index in [2.05, 4.69) is 43.0 Å². The van der Waals surface area contributed by atoms with Crippen molar-refractivity contribution in [3.05, 3.63) is 46.5 Å². The number of nitrogens with zero attached hydrogens (tertiary/aromatic N) is 1. The lowest BCUT2D eigenvalue weighted by atomic mass is 9.89. The number of benzene rings is 1. The first-order valence-electron chi connectivity index (χ1n) is 12.2. The van der Waals surface area contributed by atoms with Gasteiger partial charge in [-0.25, -0.2) is 4.79 Å². The summed E-state index contributed by atoms with van der Waals surface area (Å²) in [5.41, 5.74) is 5.04. The molecule has 4 atom stereocenters. The minimum atomic E-state index is -0.205. The van der Waals surface area contributed by atoms with E-state index < -0.39 is 0 Å². The molecule has 2 saturated heterocycles. The first kappa shape index (κ1) is 22.1. The third kappa shape index (κ3) is 4.03. The van der Waals surface area contributed by atoms with E-state index in [1.807, 2.05) is 6.92 Å². The van der Waals surface area contributed by atoms with Gasteiger partial charge in [0.2, 0.25) is 0 Å². The monoisotopic (exact) mass is 441 g/mol. The molecule has 5 rings (SSSR count). The van der Waals surface area contributed by atoms with Crippen LogP contribution in [0.4, 0.5) is 0 Å². The lowest BCUT2D eigenvalue weighted by Crippen LogP contribution is -2.44. The molecule has 0 aromatic heterocycles. The SMILES string of the molecule is CCOC(=O)C1=C[C@H](CCCC2OCCO2)N2[C@H](C1)O[C@H]1Cc3cccc(C(C)C)c3[C@H]12. The Hall–Kier alpha value is -1.73. The molecule has 3 heterocycles. The number of hydrogen-bond acceptors (Lipinski definition) is 6. The van der Waals surface area contributed by atoms with Crippen LogP contribution in [0.25, 0.3) is 0 Å². The van der Waals surface area contributed by atoms with Gasteiger partial charge in [-0.1, -0.05) is 38.1 Å². The van der Waals surface area contributed by atoms with Gasteiger partial charge < -0.3 is 18.9 Å². The Morgan fingerprint density at radius 3 is 2.75 bits per heavy atom. The Morgan fingerprint density at radius 1 is 1.19 bits per heavy atom. The molecule has 1 aromatic rings. The summed E-state index contributed by atoms with van der Waals surface area (Å²) in [6.07, 6.45) is 6.45. The molecule has 174 valence electrons. The Labute approximate surface area is 190 Å². The third-order valence-corrected chi connectivity index (χ3v) is 7.25. The number of ether oxygens (including phenoxy) is 4. The van der Waals surface area contributed by atoms with Gasteiger partial charge in [0.1, 0.15) is 6.23 Å². The molecule has 3 aliphatic heterocycles. The van der Waals surface area contributed by atoms with Crippen LogP contribution < -0.4 is 0 Å². The Morgan fingerprint density at radius 2 is 2.00 bits per heavy atom. The standard InChI is InChI=1S/C26H35NO5/c1-4-29-26(28)18-13-19(8-6-10-23-30-11-12-31-23)27-22(15-18)32-21-14-17-7-5-9-20(16(2)3)24(17)25(21)27/h5,7,9,13,16,19,21-23,25H,4,6,8,10-12,14-15H2,1-3H3/t19-,21-,22-,25-/m0/s1. The summed E-state index contributed by atoms with van der Waals surface area (Å²) in [6, 6.07) is 7.09. The molecule has 0 unspecified atom stereocenters. The van der Waals surface area contributed by atoms with Gasteiger partial charge in [0.25, 0.3) is 0 Å². The van der Waals surface area contributed by atoms with Gasteiger partial charge in [-0.05, 0) is 48.8 Å². The summed E-state index contributed by atoms with van der Waals surface area (Å²) in [6.45, 7) is 8.15. The van der Waals surface area contributed by atoms with Crippen LogP contribution in [-0.2, 0) is 30.2 Å². The van der Waals surface area contributed by atoms with Crippen LogP contribution in [-0.4, -0.2) is 55.4 Å². The first-order valence-corrected chi connectivity index (χ1v) is 12.2. The molecule has 0 spiro atoms. The van der Waals surface area contributed by atoms with E-state index in [0.717, 1.165) is 31.3 Å². The second kappa shape index (κ2) is 9.26. The van der Waals surface area contributed by atoms with Crippen molar-refractivity contribution in [2.75, 3.05) is 19.8 Å². The van der Waals surface area contributed by atoms with Crippen LogP contribution in [0.2, 0.25) is 0 Å². The molecule has 6 heteroatoms. The van der Waals surface area contributed by atoms with E-state index in [0.29, 0.717) is 32.2 Å². The van der Waals surface area contributed by atoms with Gasteiger partial charge in [0.15, 0.2) is 6.29 Å². The number of rotatable bonds is 7. The summed E-state index contributed by atoms with van der Waals surface area (Å²) >= 11 is 0. The Kier molecular flexibility index (Phi) is 6.39. The average Bonchev–Trinajstić information content (AvgIpc) is 3.48. The fourth-order valence-corrected chi connectivity index (χ4v) is 5.93. The highest BCUT2D eigenvalue weighted by atomic mass is 16.7. The second-order valence-corrected chi connectivity index (χ2v) is 9.59. The van der Waals surface area contributed by atoms with Crippen LogP contribution in [0.3, 0.4) is 0 Å². The van der Waals surface area contributed by atoms with Gasteiger partial charge in [-0.2, -0.15) is 0 Å². The van der Waals surface area contributed by atoms with Gasteiger partial charge in [0.05, 0.1) is 32.0 Å². The van der Waals surface area contributed by atoms with E-state index in [-0.39, 0.29) is 36.7 Å². The largest absolute Gasteiger partial charge is 0.463 e. The minimum Gasteiger partial charge on any atom is -0.463 e. The molecule has 0 saturated carbocycles. The predicted octanol–water partition coefficient (Wildman–Crippen LogP) is 4.24. The number of esters is 1. The fourth-order valence-electron chi connectivity index (χ4n) is 5.93. The molecule has 0 radical (unpaired) electrons. The summed E-state index contributed by atoms with van der Waals surface area (Å²) in [7, 11) is 0. The quantitative estimate of drug-likeness (QED) is 0.590. The van der Waals surface area contributed by atoms with Crippen molar-refractivity contribution in [2.45, 2.75) is 89.5 Å². The van der Waals surface area contributed by atoms with Crippen LogP contribution in [0, 0.1) is 0 Å². The predicted molar refractivity (Wildman–Crippen MR) is 120 cm³/mol. The van der Waals surface area contributed by atoms with Gasteiger partial charge in [0, 0.05) is 24.5 Å². The van der Waals surface area contributed by atoms with Crippen LogP contribution in [0.1, 0.15) is 75.1 Å². The topological polar surface area (TPSA) is 57.2 Å². The fraction of sp³-hybridized carbons (Fsp3) is 0.654. The van der Waals surface area contributed by atoms with E-state index in [1.165, 1.54) is 16.7 Å². The van der Waals surface area contributed by atoms with E-state index in [9.17, 15) is 4.79 Å². The molecule has 0 amide bonds. The van der Waals surface area contributed by atoms with Crippen LogP contribution >= 0.6 is 0 Å². The highest BCUT2D eigenvalue weighted by molar-refractivity contribution is 5.88. The summed E-state index contributed by atoms with van der Waals surface area (Å²) in [5, 5.41) is 0. The zero-order valence-corrected chi connectivity index (χ0v) is 19.4. The van der Waals surface area contributed by atoms with Crippen LogP contribution in [0.15, 0.2) is 29.8 Å². The third-order valence-electron chi connectivity index (χ3n) is 7.25. The van der Waals surface area contributed by atoms with Crippen molar-refractivity contribution < 1.29 is 23.7 Å². The number of carbonyl (C=O) groups is 1. The highest BCUT2D eigenvalue weighted by Crippen LogP contribution is 2.51. The lowest BCUT2D eigenvalue weighted by Gasteiger charge is -2.39. The molecule has 2 fully saturated rings. The van der Waals surface area contributed by atoms with E-state index >= 15 is 0 Å². The Balaban J connectivity index is 1.43. The maximum Gasteiger partial charge on any atom is 0.333 e. The van der Waals surface area contributed by atoms with Crippen molar-refractivity contribution in [3.63, 3.8) is 0 Å². The van der Waals surface area contributed by atoms with Crippen molar-refractivity contribution >= 4 is 5.97 Å². The number of fused-ring (bicyclic) bond motifs is 5. The first-order chi connectivity index (χ1) is 15.6. The highest BCUT2D eigenvalue weighted by Gasteiger charge is 2.52. The van der Waals surface area contributed by atoms with Gasteiger partial charge in [-0.15, -0.1) is 0 Å². The smallest absolute Gasteiger partial charge is 0.333 e. The molecule has 32 heavy (non-hydrogen) atoms. The average molecular weight is 442 g/mol. The van der Waals surface area contributed by atoms with Gasteiger partial charge in [-0.3, -0.25) is 4.90 Å².